The van der Waals surface area contributed by atoms with Gasteiger partial charge in [0.05, 0.1) is 0 Å². The van der Waals surface area contributed by atoms with Crippen LogP contribution >= 0.6 is 0 Å². The first-order chi connectivity index (χ1) is 5.22. The normalized spacial score (nSPS) is 13.5. The Hall–Kier alpha value is -0.603. The van der Waals surface area contributed by atoms with Crippen LogP contribution in [0.1, 0.15) is 18.0 Å². The van der Waals surface area contributed by atoms with Crippen LogP contribution in [-0.4, -0.2) is 13.8 Å². The van der Waals surface area contributed by atoms with Crippen molar-refractivity contribution in [3.05, 3.63) is 35.9 Å². The van der Waals surface area contributed by atoms with Crippen LogP contribution in [0.15, 0.2) is 30.3 Å². The van der Waals surface area contributed by atoms with E-state index < -0.39 is 9.04 Å². The lowest BCUT2D eigenvalue weighted by Crippen LogP contribution is -2.16. The zero-order valence-electron chi connectivity index (χ0n) is 6.91. The standard InChI is InChI=1S/C9H13OSi/c1-8(11(2)10)9-6-4-3-5-7-9/h3-8,10H,1-2H3. The molecule has 1 nitrogen and oxygen atoms in total. The van der Waals surface area contributed by atoms with E-state index in [4.69, 9.17) is 0 Å². The summed E-state index contributed by atoms with van der Waals surface area (Å²) in [6.07, 6.45) is 0. The van der Waals surface area contributed by atoms with E-state index in [1.807, 2.05) is 24.7 Å². The largest absolute Gasteiger partial charge is 0.431 e. The Bertz CT molecular complexity index is 208. The molecular formula is C9H13OSi. The molecule has 0 bridgehead atoms. The highest BCUT2D eigenvalue weighted by Crippen LogP contribution is 2.15. The summed E-state index contributed by atoms with van der Waals surface area (Å²) in [6.45, 7) is 3.99. The van der Waals surface area contributed by atoms with Crippen molar-refractivity contribution in [2.24, 2.45) is 0 Å². The number of hydrogen-bond donors (Lipinski definition) is 1. The van der Waals surface area contributed by atoms with Crippen LogP contribution in [0.3, 0.4) is 0 Å². The van der Waals surface area contributed by atoms with Crippen molar-refractivity contribution in [3.8, 4) is 0 Å². The maximum absolute atomic E-state index is 9.38. The monoisotopic (exact) mass is 165 g/mol. The first-order valence-corrected chi connectivity index (χ1v) is 5.81. The van der Waals surface area contributed by atoms with Crippen molar-refractivity contribution in [2.45, 2.75) is 19.0 Å². The van der Waals surface area contributed by atoms with Gasteiger partial charge in [-0.05, 0) is 17.7 Å². The minimum absolute atomic E-state index is 0.334. The lowest BCUT2D eigenvalue weighted by molar-refractivity contribution is 0.562. The Labute approximate surface area is 69.4 Å². The molecule has 59 valence electrons. The van der Waals surface area contributed by atoms with E-state index in [0.717, 1.165) is 0 Å². The second-order valence-corrected chi connectivity index (χ2v) is 4.92. The van der Waals surface area contributed by atoms with E-state index in [-0.39, 0.29) is 0 Å². The topological polar surface area (TPSA) is 20.2 Å². The Balaban J connectivity index is 2.77. The van der Waals surface area contributed by atoms with E-state index in [1.54, 1.807) is 0 Å². The summed E-state index contributed by atoms with van der Waals surface area (Å²) in [5.41, 5.74) is 1.58. The molecule has 0 spiro atoms. The number of benzene rings is 1. The van der Waals surface area contributed by atoms with Crippen LogP contribution in [0.2, 0.25) is 6.55 Å². The third-order valence-electron chi connectivity index (χ3n) is 1.93. The molecule has 0 aliphatic heterocycles. The third kappa shape index (κ3) is 2.17. The molecule has 0 heterocycles. The second kappa shape index (κ2) is 3.69. The van der Waals surface area contributed by atoms with Gasteiger partial charge in [0.25, 0.3) is 0 Å². The average molecular weight is 165 g/mol. The van der Waals surface area contributed by atoms with Crippen molar-refractivity contribution in [1.82, 2.24) is 0 Å². The Kier molecular flexibility index (Phi) is 2.85. The Morgan fingerprint density at radius 1 is 1.27 bits per heavy atom. The highest BCUT2D eigenvalue weighted by atomic mass is 28.3. The molecule has 1 rings (SSSR count). The van der Waals surface area contributed by atoms with Crippen LogP contribution in [0, 0.1) is 0 Å². The summed E-state index contributed by atoms with van der Waals surface area (Å²) >= 11 is 0. The summed E-state index contributed by atoms with van der Waals surface area (Å²) in [6, 6.07) is 10.1. The third-order valence-corrected chi connectivity index (χ3v) is 3.51. The quantitative estimate of drug-likeness (QED) is 0.664. The molecule has 1 radical (unpaired) electrons. The maximum atomic E-state index is 9.38. The molecule has 1 aromatic carbocycles. The molecule has 0 fully saturated rings. The van der Waals surface area contributed by atoms with Crippen molar-refractivity contribution < 1.29 is 4.80 Å². The summed E-state index contributed by atoms with van der Waals surface area (Å²) in [7, 11) is -1.16. The molecule has 2 heteroatoms. The van der Waals surface area contributed by atoms with Gasteiger partial charge < -0.3 is 4.80 Å². The molecule has 1 unspecified atom stereocenters. The molecule has 0 aliphatic rings. The molecule has 0 amide bonds. The molecular weight excluding hydrogens is 152 g/mol. The lowest BCUT2D eigenvalue weighted by Gasteiger charge is -2.11. The summed E-state index contributed by atoms with van der Waals surface area (Å²) in [4.78, 5) is 9.38. The van der Waals surface area contributed by atoms with Crippen LogP contribution < -0.4 is 0 Å². The van der Waals surface area contributed by atoms with Crippen molar-refractivity contribution in [2.75, 3.05) is 0 Å². The van der Waals surface area contributed by atoms with Crippen molar-refractivity contribution in [1.29, 1.82) is 0 Å². The van der Waals surface area contributed by atoms with Gasteiger partial charge in [-0.25, -0.2) is 0 Å². The second-order valence-electron chi connectivity index (χ2n) is 2.77. The minimum atomic E-state index is -1.16. The van der Waals surface area contributed by atoms with Crippen molar-refractivity contribution >= 4 is 9.04 Å². The molecule has 1 atom stereocenters. The molecule has 0 aliphatic carbocycles. The van der Waals surface area contributed by atoms with Gasteiger partial charge in [-0.1, -0.05) is 37.3 Å². The van der Waals surface area contributed by atoms with Crippen LogP contribution in [0.25, 0.3) is 0 Å². The van der Waals surface area contributed by atoms with Gasteiger partial charge in [0, 0.05) is 0 Å². The van der Waals surface area contributed by atoms with Gasteiger partial charge >= 0.3 is 0 Å². The summed E-state index contributed by atoms with van der Waals surface area (Å²) in [5, 5.41) is 0. The SMILES string of the molecule is CC(c1ccccc1)[Si](C)O. The van der Waals surface area contributed by atoms with Gasteiger partial charge in [0.15, 0.2) is 0 Å². The fourth-order valence-corrected chi connectivity index (χ4v) is 1.66. The predicted octanol–water partition coefficient (Wildman–Crippen LogP) is 1.94. The minimum Gasteiger partial charge on any atom is -0.431 e. The summed E-state index contributed by atoms with van der Waals surface area (Å²) in [5.74, 6) is 0. The van der Waals surface area contributed by atoms with Gasteiger partial charge in [0.2, 0.25) is 9.04 Å². The van der Waals surface area contributed by atoms with Gasteiger partial charge in [0.1, 0.15) is 0 Å². The summed E-state index contributed by atoms with van der Waals surface area (Å²) < 4.78 is 0. The van der Waals surface area contributed by atoms with Crippen molar-refractivity contribution in [3.63, 3.8) is 0 Å². The number of hydrogen-bond acceptors (Lipinski definition) is 1. The zero-order valence-corrected chi connectivity index (χ0v) is 7.91. The van der Waals surface area contributed by atoms with Crippen LogP contribution in [-0.2, 0) is 0 Å². The number of rotatable bonds is 2. The Morgan fingerprint density at radius 3 is 2.27 bits per heavy atom. The van der Waals surface area contributed by atoms with Crippen LogP contribution in [0.5, 0.6) is 0 Å². The van der Waals surface area contributed by atoms with E-state index in [0.29, 0.717) is 5.54 Å². The smallest absolute Gasteiger partial charge is 0.211 e. The highest BCUT2D eigenvalue weighted by molar-refractivity contribution is 6.50. The molecule has 11 heavy (non-hydrogen) atoms. The average Bonchev–Trinajstić information content (AvgIpc) is 2.05. The van der Waals surface area contributed by atoms with E-state index >= 15 is 0 Å². The van der Waals surface area contributed by atoms with Gasteiger partial charge in [-0.15, -0.1) is 0 Å². The predicted molar refractivity (Wildman–Crippen MR) is 48.7 cm³/mol. The lowest BCUT2D eigenvalue weighted by atomic mass is 10.2. The first kappa shape index (κ1) is 8.49. The van der Waals surface area contributed by atoms with E-state index in [1.165, 1.54) is 5.56 Å². The molecule has 0 aromatic heterocycles. The zero-order chi connectivity index (χ0) is 8.27. The fraction of sp³-hybridized carbons (Fsp3) is 0.333. The van der Waals surface area contributed by atoms with Gasteiger partial charge in [-0.3, -0.25) is 0 Å². The highest BCUT2D eigenvalue weighted by Gasteiger charge is 2.12. The Morgan fingerprint density at radius 2 is 1.82 bits per heavy atom. The molecule has 1 N–H and O–H groups in total. The first-order valence-electron chi connectivity index (χ1n) is 3.79. The van der Waals surface area contributed by atoms with Crippen LogP contribution in [0.4, 0.5) is 0 Å². The van der Waals surface area contributed by atoms with Gasteiger partial charge in [-0.2, -0.15) is 0 Å². The molecule has 0 saturated heterocycles. The van der Waals surface area contributed by atoms with E-state index in [9.17, 15) is 4.80 Å². The maximum Gasteiger partial charge on any atom is 0.211 e. The molecule has 1 aromatic rings. The fourth-order valence-electron chi connectivity index (χ4n) is 0.983. The molecule has 0 saturated carbocycles. The van der Waals surface area contributed by atoms with E-state index in [2.05, 4.69) is 19.1 Å².